The molecule has 2 fully saturated rings. The van der Waals surface area contributed by atoms with Gasteiger partial charge in [-0.2, -0.15) is 0 Å². The lowest BCUT2D eigenvalue weighted by atomic mass is 9.60. The second kappa shape index (κ2) is 8.52. The van der Waals surface area contributed by atoms with Crippen LogP contribution in [0.5, 0.6) is 0 Å². The molecule has 0 heterocycles. The van der Waals surface area contributed by atoms with Crippen molar-refractivity contribution in [2.75, 3.05) is 0 Å². The van der Waals surface area contributed by atoms with Crippen LogP contribution in [0.3, 0.4) is 0 Å². The number of hydrogen-bond acceptors (Lipinski definition) is 3. The van der Waals surface area contributed by atoms with Gasteiger partial charge in [0, 0.05) is 12.8 Å². The third-order valence-corrected chi connectivity index (χ3v) is 7.28. The van der Waals surface area contributed by atoms with Crippen LogP contribution in [-0.2, 0) is 4.79 Å². The van der Waals surface area contributed by atoms with Crippen molar-refractivity contribution < 1.29 is 15.0 Å². The lowest BCUT2D eigenvalue weighted by Gasteiger charge is -2.46. The van der Waals surface area contributed by atoms with E-state index in [1.165, 1.54) is 12.8 Å². The molecule has 0 aromatic heterocycles. The van der Waals surface area contributed by atoms with Gasteiger partial charge in [0.25, 0.3) is 0 Å². The van der Waals surface area contributed by atoms with Gasteiger partial charge in [0.2, 0.25) is 0 Å². The number of rotatable bonds is 9. The minimum atomic E-state index is -0.604. The van der Waals surface area contributed by atoms with Crippen molar-refractivity contribution in [1.29, 1.82) is 0 Å². The highest BCUT2D eigenvalue weighted by Crippen LogP contribution is 2.59. The minimum absolute atomic E-state index is 0.127. The molecule has 0 bridgehead atoms. The molecular formula is C22H40O3. The highest BCUT2D eigenvalue weighted by Gasteiger charge is 2.52. The topological polar surface area (TPSA) is 57.5 Å². The normalized spacial score (nSPS) is 33.9. The SMILES string of the molecule is CCC(=O)CC[C@H](CCCC(C)(C)O)C1CCC2[C@@H](O)CCC[C@]12C. The number of carbonyl (C=O) groups is 1. The largest absolute Gasteiger partial charge is 0.393 e. The number of hydrogen-bond donors (Lipinski definition) is 2. The summed E-state index contributed by atoms with van der Waals surface area (Å²) in [6.45, 7) is 8.12. The van der Waals surface area contributed by atoms with E-state index in [-0.39, 0.29) is 11.5 Å². The zero-order valence-electron chi connectivity index (χ0n) is 16.9. The predicted octanol–water partition coefficient (Wildman–Crippen LogP) is 4.88. The van der Waals surface area contributed by atoms with Crippen molar-refractivity contribution in [2.45, 2.75) is 110 Å². The fraction of sp³-hybridized carbons (Fsp3) is 0.955. The monoisotopic (exact) mass is 352 g/mol. The Morgan fingerprint density at radius 2 is 1.96 bits per heavy atom. The Labute approximate surface area is 154 Å². The Bertz CT molecular complexity index is 439. The standard InChI is InChI=1S/C22H40O3/c1-5-17(23)11-10-16(8-6-14-21(2,3)25)18-12-13-19-20(24)9-7-15-22(18,19)4/h16,18-20,24-25H,5-15H2,1-4H3/t16-,18?,19?,20-,22+/m0/s1. The van der Waals surface area contributed by atoms with Crippen LogP contribution in [-0.4, -0.2) is 27.7 Å². The lowest BCUT2D eigenvalue weighted by Crippen LogP contribution is -2.42. The lowest BCUT2D eigenvalue weighted by molar-refractivity contribution is -0.119. The summed E-state index contributed by atoms with van der Waals surface area (Å²) >= 11 is 0. The first kappa shape index (κ1) is 20.9. The summed E-state index contributed by atoms with van der Waals surface area (Å²) in [7, 11) is 0. The summed E-state index contributed by atoms with van der Waals surface area (Å²) < 4.78 is 0. The summed E-state index contributed by atoms with van der Waals surface area (Å²) in [4.78, 5) is 11.9. The average Bonchev–Trinajstić information content (AvgIpc) is 2.87. The molecule has 146 valence electrons. The van der Waals surface area contributed by atoms with Crippen LogP contribution < -0.4 is 0 Å². The van der Waals surface area contributed by atoms with Gasteiger partial charge in [0.1, 0.15) is 5.78 Å². The Balaban J connectivity index is 2.06. The maximum Gasteiger partial charge on any atom is 0.132 e. The zero-order valence-corrected chi connectivity index (χ0v) is 16.9. The molecule has 0 amide bonds. The van der Waals surface area contributed by atoms with E-state index in [9.17, 15) is 15.0 Å². The van der Waals surface area contributed by atoms with Crippen molar-refractivity contribution in [3.05, 3.63) is 0 Å². The second-order valence-corrected chi connectivity index (χ2v) is 9.65. The molecule has 2 N–H and O–H groups in total. The summed E-state index contributed by atoms with van der Waals surface area (Å²) in [5.41, 5.74) is -0.362. The molecule has 0 saturated heterocycles. The molecule has 3 nitrogen and oxygen atoms in total. The molecule has 0 aromatic carbocycles. The quantitative estimate of drug-likeness (QED) is 0.622. The third-order valence-electron chi connectivity index (χ3n) is 7.28. The molecular weight excluding hydrogens is 312 g/mol. The fourth-order valence-electron chi connectivity index (χ4n) is 5.83. The van der Waals surface area contributed by atoms with Gasteiger partial charge < -0.3 is 10.2 Å². The van der Waals surface area contributed by atoms with Gasteiger partial charge in [0.05, 0.1) is 11.7 Å². The van der Waals surface area contributed by atoms with Crippen LogP contribution >= 0.6 is 0 Å². The number of fused-ring (bicyclic) bond motifs is 1. The van der Waals surface area contributed by atoms with Crippen LogP contribution in [0.1, 0.15) is 98.3 Å². The van der Waals surface area contributed by atoms with Crippen LogP contribution in [0, 0.1) is 23.2 Å². The Morgan fingerprint density at radius 3 is 2.60 bits per heavy atom. The third kappa shape index (κ3) is 5.29. The molecule has 2 rings (SSSR count). The number of Topliss-reactive ketones (excluding diaryl/α,β-unsaturated/α-hetero) is 1. The molecule has 25 heavy (non-hydrogen) atoms. The van der Waals surface area contributed by atoms with E-state index in [2.05, 4.69) is 6.92 Å². The Hall–Kier alpha value is -0.410. The molecule has 2 unspecified atom stereocenters. The summed E-state index contributed by atoms with van der Waals surface area (Å²) in [5.74, 6) is 2.00. The van der Waals surface area contributed by atoms with Crippen LogP contribution in [0.25, 0.3) is 0 Å². The van der Waals surface area contributed by atoms with Gasteiger partial charge >= 0.3 is 0 Å². The Morgan fingerprint density at radius 1 is 1.24 bits per heavy atom. The minimum Gasteiger partial charge on any atom is -0.393 e. The number of aliphatic hydroxyl groups is 2. The van der Waals surface area contributed by atoms with Crippen molar-refractivity contribution >= 4 is 5.78 Å². The highest BCUT2D eigenvalue weighted by atomic mass is 16.3. The molecule has 0 aliphatic heterocycles. The van der Waals surface area contributed by atoms with Gasteiger partial charge in [-0.3, -0.25) is 4.79 Å². The van der Waals surface area contributed by atoms with Gasteiger partial charge in [-0.25, -0.2) is 0 Å². The van der Waals surface area contributed by atoms with E-state index in [1.807, 2.05) is 20.8 Å². The Kier molecular flexibility index (Phi) is 7.12. The van der Waals surface area contributed by atoms with E-state index in [4.69, 9.17) is 0 Å². The molecule has 2 aliphatic rings. The van der Waals surface area contributed by atoms with Crippen molar-refractivity contribution in [3.8, 4) is 0 Å². The number of aliphatic hydroxyl groups excluding tert-OH is 1. The summed E-state index contributed by atoms with van der Waals surface area (Å²) in [6.07, 6.45) is 10.8. The van der Waals surface area contributed by atoms with Crippen LogP contribution in [0.4, 0.5) is 0 Å². The molecule has 5 atom stereocenters. The molecule has 2 saturated carbocycles. The smallest absolute Gasteiger partial charge is 0.132 e. The molecule has 0 radical (unpaired) electrons. The van der Waals surface area contributed by atoms with Gasteiger partial charge in [-0.15, -0.1) is 0 Å². The van der Waals surface area contributed by atoms with E-state index in [0.29, 0.717) is 36.4 Å². The van der Waals surface area contributed by atoms with Crippen molar-refractivity contribution in [1.82, 2.24) is 0 Å². The molecule has 3 heteroatoms. The van der Waals surface area contributed by atoms with Crippen LogP contribution in [0.15, 0.2) is 0 Å². The first-order chi connectivity index (χ1) is 11.7. The zero-order chi connectivity index (χ0) is 18.7. The van der Waals surface area contributed by atoms with E-state index in [1.54, 1.807) is 0 Å². The summed E-state index contributed by atoms with van der Waals surface area (Å²) in [6, 6.07) is 0. The van der Waals surface area contributed by atoms with Crippen molar-refractivity contribution in [3.63, 3.8) is 0 Å². The average molecular weight is 353 g/mol. The fourth-order valence-corrected chi connectivity index (χ4v) is 5.83. The maximum atomic E-state index is 11.9. The predicted molar refractivity (Wildman–Crippen MR) is 102 cm³/mol. The van der Waals surface area contributed by atoms with E-state index >= 15 is 0 Å². The van der Waals surface area contributed by atoms with Crippen LogP contribution in [0.2, 0.25) is 0 Å². The van der Waals surface area contributed by atoms with E-state index < -0.39 is 5.60 Å². The van der Waals surface area contributed by atoms with E-state index in [0.717, 1.165) is 44.9 Å². The maximum absolute atomic E-state index is 11.9. The molecule has 0 spiro atoms. The summed E-state index contributed by atoms with van der Waals surface area (Å²) in [5, 5.41) is 20.5. The van der Waals surface area contributed by atoms with Gasteiger partial charge in [-0.05, 0) is 75.5 Å². The number of ketones is 1. The second-order valence-electron chi connectivity index (χ2n) is 9.65. The van der Waals surface area contributed by atoms with Gasteiger partial charge in [-0.1, -0.05) is 33.1 Å². The number of carbonyl (C=O) groups excluding carboxylic acids is 1. The molecule has 0 aromatic rings. The highest BCUT2D eigenvalue weighted by molar-refractivity contribution is 5.77. The first-order valence-corrected chi connectivity index (χ1v) is 10.6. The first-order valence-electron chi connectivity index (χ1n) is 10.6. The van der Waals surface area contributed by atoms with Crippen molar-refractivity contribution in [2.24, 2.45) is 23.2 Å². The molecule has 2 aliphatic carbocycles. The van der Waals surface area contributed by atoms with Gasteiger partial charge in [0.15, 0.2) is 0 Å².